The molecule has 3 saturated heterocycles. The number of thioether (sulfide) groups is 1. The molecule has 3 aliphatic rings. The number of hydrogen-bond donors (Lipinski definition) is 4. The summed E-state index contributed by atoms with van der Waals surface area (Å²) in [6.07, 6.45) is 0.0510. The molecular formula is C30H45N5O10S. The monoisotopic (exact) mass is 667 g/mol. The molecule has 5 amide bonds. The first-order valence-electron chi connectivity index (χ1n) is 15.4. The standard InChI is InChI=1S/C30H45N5O10S/c1-5-14-44-29(42)31-9-7-8-22(37)27(40)34-12-10-33(11-13-34)26(39)21-16-20(17-35(21)30(43)45-15-6-2)46-28(41)18(3)24-23(19(4)36)25(38)32-24/h5-6,18-24,36-37H,1-2,7-17H2,3-4H3,(H,31,42)(H,32,38)/t18-,19-,20+,21+,22+,23-,24-/m1/s1. The van der Waals surface area contributed by atoms with Gasteiger partial charge in [0.1, 0.15) is 25.4 Å². The van der Waals surface area contributed by atoms with Gasteiger partial charge in [-0.15, -0.1) is 0 Å². The molecule has 4 N–H and O–H groups in total. The summed E-state index contributed by atoms with van der Waals surface area (Å²) in [5.74, 6) is -2.37. The van der Waals surface area contributed by atoms with Crippen LogP contribution in [0.5, 0.6) is 0 Å². The van der Waals surface area contributed by atoms with Gasteiger partial charge in [0.05, 0.1) is 18.1 Å². The molecular weight excluding hydrogens is 622 g/mol. The van der Waals surface area contributed by atoms with Gasteiger partial charge in [0.25, 0.3) is 5.91 Å². The van der Waals surface area contributed by atoms with Crippen LogP contribution in [0.1, 0.15) is 33.1 Å². The summed E-state index contributed by atoms with van der Waals surface area (Å²) >= 11 is 1.01. The summed E-state index contributed by atoms with van der Waals surface area (Å²) in [6.45, 7) is 11.3. The van der Waals surface area contributed by atoms with E-state index in [0.29, 0.717) is 6.42 Å². The van der Waals surface area contributed by atoms with E-state index in [4.69, 9.17) is 9.47 Å². The van der Waals surface area contributed by atoms with Crippen LogP contribution in [0.4, 0.5) is 9.59 Å². The second-order valence-corrected chi connectivity index (χ2v) is 12.8. The van der Waals surface area contributed by atoms with E-state index in [0.717, 1.165) is 11.8 Å². The zero-order valence-corrected chi connectivity index (χ0v) is 27.1. The van der Waals surface area contributed by atoms with Gasteiger partial charge in [0, 0.05) is 50.4 Å². The maximum absolute atomic E-state index is 13.7. The Bertz CT molecular complexity index is 1160. The number of aliphatic hydroxyl groups excluding tert-OH is 2. The number of likely N-dealkylation sites (tertiary alicyclic amines) is 1. The average molecular weight is 668 g/mol. The smallest absolute Gasteiger partial charge is 0.410 e. The van der Waals surface area contributed by atoms with Crippen molar-refractivity contribution in [3.05, 3.63) is 25.3 Å². The molecule has 0 bridgehead atoms. The van der Waals surface area contributed by atoms with Gasteiger partial charge in [0.15, 0.2) is 5.12 Å². The maximum Gasteiger partial charge on any atom is 0.410 e. The van der Waals surface area contributed by atoms with Crippen molar-refractivity contribution in [2.24, 2.45) is 11.8 Å². The van der Waals surface area contributed by atoms with Crippen LogP contribution >= 0.6 is 11.8 Å². The number of amides is 5. The summed E-state index contributed by atoms with van der Waals surface area (Å²) < 4.78 is 10.0. The molecule has 0 aromatic carbocycles. The molecule has 46 heavy (non-hydrogen) atoms. The van der Waals surface area contributed by atoms with Gasteiger partial charge < -0.3 is 40.1 Å². The Morgan fingerprint density at radius 3 is 2.28 bits per heavy atom. The van der Waals surface area contributed by atoms with Crippen molar-refractivity contribution in [1.29, 1.82) is 0 Å². The van der Waals surface area contributed by atoms with Crippen LogP contribution in [0.3, 0.4) is 0 Å². The third-order valence-corrected chi connectivity index (χ3v) is 9.54. The molecule has 7 atom stereocenters. The summed E-state index contributed by atoms with van der Waals surface area (Å²) in [4.78, 5) is 80.2. The molecule has 3 rings (SSSR count). The molecule has 0 aromatic rings. The number of nitrogens with one attached hydrogen (secondary N) is 2. The SMILES string of the molecule is C=CCOC(=O)NCCC[C@H](O)C(=O)N1CCN(C(=O)[C@@H]2C[C@H](SC(=O)[C@H](C)[C@H]3NC(=O)[C@@H]3[C@@H](C)O)CN2C(=O)OCC=C)CC1. The van der Waals surface area contributed by atoms with Crippen LogP contribution in [0.2, 0.25) is 0 Å². The Kier molecular flexibility index (Phi) is 13.9. The quantitative estimate of drug-likeness (QED) is 0.109. The Morgan fingerprint density at radius 1 is 1.04 bits per heavy atom. The minimum absolute atomic E-state index is 0.0509. The molecule has 3 fully saturated rings. The van der Waals surface area contributed by atoms with Crippen LogP contribution in [0, 0.1) is 11.8 Å². The van der Waals surface area contributed by atoms with Gasteiger partial charge in [-0.3, -0.25) is 24.1 Å². The van der Waals surface area contributed by atoms with E-state index in [1.54, 1.807) is 11.8 Å². The molecule has 0 radical (unpaired) electrons. The highest BCUT2D eigenvalue weighted by molar-refractivity contribution is 8.14. The van der Waals surface area contributed by atoms with Crippen molar-refractivity contribution in [3.8, 4) is 0 Å². The van der Waals surface area contributed by atoms with Gasteiger partial charge in [0.2, 0.25) is 11.8 Å². The predicted molar refractivity (Wildman–Crippen MR) is 167 cm³/mol. The maximum atomic E-state index is 13.7. The Hall–Kier alpha value is -3.63. The summed E-state index contributed by atoms with van der Waals surface area (Å²) in [5, 5.41) is 24.9. The highest BCUT2D eigenvalue weighted by atomic mass is 32.2. The number of ether oxygens (including phenoxy) is 2. The van der Waals surface area contributed by atoms with E-state index in [-0.39, 0.29) is 82.3 Å². The third kappa shape index (κ3) is 9.45. The Morgan fingerprint density at radius 2 is 1.67 bits per heavy atom. The Balaban J connectivity index is 1.53. The van der Waals surface area contributed by atoms with Gasteiger partial charge in [-0.1, -0.05) is 44.0 Å². The summed E-state index contributed by atoms with van der Waals surface area (Å²) in [7, 11) is 0. The number of hydrogen-bond acceptors (Lipinski definition) is 11. The zero-order chi connectivity index (χ0) is 34.0. The molecule has 0 spiro atoms. The number of carbonyl (C=O) groups excluding carboxylic acids is 6. The van der Waals surface area contributed by atoms with Crippen molar-refractivity contribution >= 4 is 46.8 Å². The summed E-state index contributed by atoms with van der Waals surface area (Å²) in [6, 6.07) is -1.38. The second-order valence-electron chi connectivity index (χ2n) is 11.5. The number of alkyl carbamates (subject to hydrolysis) is 1. The average Bonchev–Trinajstić information content (AvgIpc) is 3.45. The fourth-order valence-electron chi connectivity index (χ4n) is 5.69. The van der Waals surface area contributed by atoms with Crippen molar-refractivity contribution in [3.63, 3.8) is 0 Å². The fourth-order valence-corrected chi connectivity index (χ4v) is 6.89. The molecule has 0 unspecified atom stereocenters. The summed E-state index contributed by atoms with van der Waals surface area (Å²) in [5.41, 5.74) is 0. The number of nitrogens with zero attached hydrogens (tertiary/aromatic N) is 3. The second kappa shape index (κ2) is 17.3. The lowest BCUT2D eigenvalue weighted by atomic mass is 9.79. The van der Waals surface area contributed by atoms with E-state index in [1.807, 2.05) is 0 Å². The molecule has 15 nitrogen and oxygen atoms in total. The van der Waals surface area contributed by atoms with E-state index < -0.39 is 59.5 Å². The number of β-lactam (4-membered cyclic amide) rings is 1. The molecule has 0 aliphatic carbocycles. The van der Waals surface area contributed by atoms with Gasteiger partial charge in [-0.05, 0) is 26.2 Å². The fraction of sp³-hybridized carbons (Fsp3) is 0.667. The first-order chi connectivity index (χ1) is 21.9. The first-order valence-corrected chi connectivity index (χ1v) is 16.3. The van der Waals surface area contributed by atoms with Crippen molar-refractivity contribution in [2.75, 3.05) is 52.5 Å². The van der Waals surface area contributed by atoms with Gasteiger partial charge in [-0.25, -0.2) is 9.59 Å². The van der Waals surface area contributed by atoms with Crippen molar-refractivity contribution in [2.45, 2.75) is 62.7 Å². The lowest BCUT2D eigenvalue weighted by Crippen LogP contribution is -2.65. The van der Waals surface area contributed by atoms with Gasteiger partial charge in [-0.2, -0.15) is 0 Å². The molecule has 3 aliphatic heterocycles. The number of aliphatic hydroxyl groups is 2. The lowest BCUT2D eigenvalue weighted by molar-refractivity contribution is -0.147. The highest BCUT2D eigenvalue weighted by Gasteiger charge is 2.49. The highest BCUT2D eigenvalue weighted by Crippen LogP contribution is 2.35. The van der Waals surface area contributed by atoms with E-state index >= 15 is 0 Å². The van der Waals surface area contributed by atoms with Crippen LogP contribution in [0.15, 0.2) is 25.3 Å². The first kappa shape index (κ1) is 36.8. The van der Waals surface area contributed by atoms with Crippen molar-refractivity contribution < 1.29 is 48.5 Å². The van der Waals surface area contributed by atoms with Crippen LogP contribution < -0.4 is 10.6 Å². The number of piperazine rings is 1. The molecule has 256 valence electrons. The van der Waals surface area contributed by atoms with Crippen LogP contribution in [-0.2, 0) is 28.7 Å². The number of rotatable bonds is 14. The molecule has 16 heteroatoms. The largest absolute Gasteiger partial charge is 0.445 e. The molecule has 0 aromatic heterocycles. The van der Waals surface area contributed by atoms with Crippen LogP contribution in [-0.4, -0.2) is 142 Å². The van der Waals surface area contributed by atoms with Crippen LogP contribution in [0.25, 0.3) is 0 Å². The minimum atomic E-state index is -1.26. The molecule has 0 saturated carbocycles. The number of carbonyl (C=O) groups is 6. The van der Waals surface area contributed by atoms with E-state index in [1.165, 1.54) is 28.9 Å². The zero-order valence-electron chi connectivity index (χ0n) is 26.3. The molecule has 3 heterocycles. The predicted octanol–water partition coefficient (Wildman–Crippen LogP) is -0.133. The lowest BCUT2D eigenvalue weighted by Gasteiger charge is -2.41. The van der Waals surface area contributed by atoms with E-state index in [2.05, 4.69) is 23.8 Å². The topological polar surface area (TPSA) is 195 Å². The van der Waals surface area contributed by atoms with Gasteiger partial charge >= 0.3 is 12.2 Å². The normalized spacial score (nSPS) is 24.5. The van der Waals surface area contributed by atoms with E-state index in [9.17, 15) is 39.0 Å². The third-order valence-electron chi connectivity index (χ3n) is 8.26. The Labute approximate surface area is 272 Å². The van der Waals surface area contributed by atoms with Crippen molar-refractivity contribution in [1.82, 2.24) is 25.3 Å². The minimum Gasteiger partial charge on any atom is -0.445 e.